The van der Waals surface area contributed by atoms with E-state index in [1.807, 2.05) is 31.2 Å². The van der Waals surface area contributed by atoms with Crippen LogP contribution in [0.2, 0.25) is 0 Å². The highest BCUT2D eigenvalue weighted by atomic mass is 16.5. The first-order chi connectivity index (χ1) is 8.90. The molecule has 0 amide bonds. The number of carboxylic acid groups (broad SMARTS) is 1. The summed E-state index contributed by atoms with van der Waals surface area (Å²) in [4.78, 5) is 11.0. The van der Waals surface area contributed by atoms with Gasteiger partial charge in [-0.05, 0) is 36.0 Å². The van der Waals surface area contributed by atoms with E-state index in [0.717, 1.165) is 12.8 Å². The molecule has 1 unspecified atom stereocenters. The van der Waals surface area contributed by atoms with Crippen LogP contribution in [-0.4, -0.2) is 17.2 Å². The van der Waals surface area contributed by atoms with Gasteiger partial charge in [-0.2, -0.15) is 0 Å². The maximum atomic E-state index is 11.0. The number of carboxylic acids is 1. The quantitative estimate of drug-likeness (QED) is 0.809. The van der Waals surface area contributed by atoms with Crippen LogP contribution in [0.3, 0.4) is 0 Å². The van der Waals surface area contributed by atoms with Crippen LogP contribution < -0.4 is 4.74 Å². The molecule has 1 atom stereocenters. The Morgan fingerprint density at radius 3 is 2.26 bits per heavy atom. The van der Waals surface area contributed by atoms with E-state index in [-0.39, 0.29) is 5.41 Å². The Kier molecular flexibility index (Phi) is 5.40. The Balaban J connectivity index is 2.79. The maximum absolute atomic E-state index is 11.0. The molecule has 0 saturated carbocycles. The molecule has 3 heteroatoms. The van der Waals surface area contributed by atoms with E-state index < -0.39 is 12.1 Å². The van der Waals surface area contributed by atoms with Gasteiger partial charge in [-0.15, -0.1) is 0 Å². The Morgan fingerprint density at radius 1 is 1.26 bits per heavy atom. The molecule has 1 rings (SSSR count). The standard InChI is InChI=1S/C16H24O3/c1-5-7-14(15(17)18)19-13-10-8-12(9-11-13)16(3,4)6-2/h8-11,14H,5-7H2,1-4H3,(H,17,18). The van der Waals surface area contributed by atoms with E-state index >= 15 is 0 Å². The van der Waals surface area contributed by atoms with Gasteiger partial charge in [0, 0.05) is 0 Å². The van der Waals surface area contributed by atoms with Crippen LogP contribution in [0.15, 0.2) is 24.3 Å². The molecule has 0 bridgehead atoms. The third-order valence-corrected chi connectivity index (χ3v) is 3.62. The van der Waals surface area contributed by atoms with Crippen molar-refractivity contribution in [3.63, 3.8) is 0 Å². The third kappa shape index (κ3) is 4.27. The van der Waals surface area contributed by atoms with Crippen LogP contribution in [0, 0.1) is 0 Å². The van der Waals surface area contributed by atoms with Crippen molar-refractivity contribution in [1.82, 2.24) is 0 Å². The van der Waals surface area contributed by atoms with Crippen molar-refractivity contribution < 1.29 is 14.6 Å². The highest BCUT2D eigenvalue weighted by Gasteiger charge is 2.20. The number of ether oxygens (including phenoxy) is 1. The summed E-state index contributed by atoms with van der Waals surface area (Å²) in [5.74, 6) is -0.281. The lowest BCUT2D eigenvalue weighted by atomic mass is 9.82. The number of rotatable bonds is 7. The summed E-state index contributed by atoms with van der Waals surface area (Å²) < 4.78 is 5.52. The number of benzene rings is 1. The van der Waals surface area contributed by atoms with E-state index in [9.17, 15) is 4.79 Å². The topological polar surface area (TPSA) is 46.5 Å². The molecule has 0 heterocycles. The number of hydrogen-bond acceptors (Lipinski definition) is 2. The van der Waals surface area contributed by atoms with Crippen molar-refractivity contribution in [1.29, 1.82) is 0 Å². The highest BCUT2D eigenvalue weighted by molar-refractivity contribution is 5.72. The number of aliphatic carboxylic acids is 1. The van der Waals surface area contributed by atoms with Crippen molar-refractivity contribution in [2.24, 2.45) is 0 Å². The van der Waals surface area contributed by atoms with Gasteiger partial charge < -0.3 is 9.84 Å². The molecule has 0 aliphatic heterocycles. The summed E-state index contributed by atoms with van der Waals surface area (Å²) in [5, 5.41) is 9.06. The molecule has 0 aliphatic rings. The zero-order valence-electron chi connectivity index (χ0n) is 12.3. The first kappa shape index (κ1) is 15.5. The summed E-state index contributed by atoms with van der Waals surface area (Å²) in [7, 11) is 0. The van der Waals surface area contributed by atoms with Gasteiger partial charge >= 0.3 is 5.97 Å². The van der Waals surface area contributed by atoms with E-state index in [2.05, 4.69) is 20.8 Å². The molecule has 1 N–H and O–H groups in total. The van der Waals surface area contributed by atoms with Crippen molar-refractivity contribution in [2.75, 3.05) is 0 Å². The van der Waals surface area contributed by atoms with Crippen LogP contribution in [0.25, 0.3) is 0 Å². The first-order valence-electron chi connectivity index (χ1n) is 6.90. The van der Waals surface area contributed by atoms with Crippen LogP contribution in [0.4, 0.5) is 0 Å². The van der Waals surface area contributed by atoms with Gasteiger partial charge in [-0.1, -0.05) is 46.2 Å². The van der Waals surface area contributed by atoms with Crippen LogP contribution in [0.1, 0.15) is 52.5 Å². The van der Waals surface area contributed by atoms with Gasteiger partial charge in [0.1, 0.15) is 5.75 Å². The Bertz CT molecular complexity index is 407. The van der Waals surface area contributed by atoms with Gasteiger partial charge in [0.15, 0.2) is 6.10 Å². The molecule has 3 nitrogen and oxygen atoms in total. The molecule has 0 saturated heterocycles. The van der Waals surface area contributed by atoms with E-state index in [1.54, 1.807) is 0 Å². The van der Waals surface area contributed by atoms with Crippen molar-refractivity contribution >= 4 is 5.97 Å². The molecule has 0 radical (unpaired) electrons. The fraction of sp³-hybridized carbons (Fsp3) is 0.562. The maximum Gasteiger partial charge on any atom is 0.344 e. The predicted molar refractivity (Wildman–Crippen MR) is 76.7 cm³/mol. The molecule has 106 valence electrons. The average Bonchev–Trinajstić information content (AvgIpc) is 2.38. The largest absolute Gasteiger partial charge is 0.479 e. The summed E-state index contributed by atoms with van der Waals surface area (Å²) in [6.45, 7) is 8.50. The zero-order valence-corrected chi connectivity index (χ0v) is 12.3. The van der Waals surface area contributed by atoms with E-state index in [0.29, 0.717) is 12.2 Å². The fourth-order valence-electron chi connectivity index (χ4n) is 1.85. The SMILES string of the molecule is CCCC(Oc1ccc(C(C)(C)CC)cc1)C(=O)O. The third-order valence-electron chi connectivity index (χ3n) is 3.62. The Labute approximate surface area is 115 Å². The van der Waals surface area contributed by atoms with Crippen molar-refractivity contribution in [2.45, 2.75) is 58.5 Å². The molecular weight excluding hydrogens is 240 g/mol. The zero-order chi connectivity index (χ0) is 14.5. The molecule has 0 aliphatic carbocycles. The van der Waals surface area contributed by atoms with Crippen molar-refractivity contribution in [3.8, 4) is 5.75 Å². The summed E-state index contributed by atoms with van der Waals surface area (Å²) >= 11 is 0. The average molecular weight is 264 g/mol. The minimum absolute atomic E-state index is 0.133. The van der Waals surface area contributed by atoms with Crippen LogP contribution in [0.5, 0.6) is 5.75 Å². The van der Waals surface area contributed by atoms with Crippen LogP contribution in [-0.2, 0) is 10.2 Å². The normalized spacial score (nSPS) is 13.1. The number of hydrogen-bond donors (Lipinski definition) is 1. The molecule has 19 heavy (non-hydrogen) atoms. The van der Waals surface area contributed by atoms with Gasteiger partial charge in [0.25, 0.3) is 0 Å². The minimum Gasteiger partial charge on any atom is -0.479 e. The molecular formula is C16H24O3. The first-order valence-corrected chi connectivity index (χ1v) is 6.90. The molecule has 1 aromatic rings. The smallest absolute Gasteiger partial charge is 0.344 e. The second-order valence-electron chi connectivity index (χ2n) is 5.50. The Morgan fingerprint density at radius 2 is 1.84 bits per heavy atom. The number of carbonyl (C=O) groups is 1. The molecule has 1 aromatic carbocycles. The lowest BCUT2D eigenvalue weighted by molar-refractivity contribution is -0.145. The second-order valence-corrected chi connectivity index (χ2v) is 5.50. The minimum atomic E-state index is -0.903. The lowest BCUT2D eigenvalue weighted by Crippen LogP contribution is -2.26. The lowest BCUT2D eigenvalue weighted by Gasteiger charge is -2.23. The monoisotopic (exact) mass is 264 g/mol. The van der Waals surface area contributed by atoms with E-state index in [4.69, 9.17) is 9.84 Å². The molecule has 0 spiro atoms. The predicted octanol–water partition coefficient (Wildman–Crippen LogP) is 4.01. The fourth-order valence-corrected chi connectivity index (χ4v) is 1.85. The summed E-state index contributed by atoms with van der Waals surface area (Å²) in [5.41, 5.74) is 1.37. The van der Waals surface area contributed by atoms with Crippen molar-refractivity contribution in [3.05, 3.63) is 29.8 Å². The highest BCUT2D eigenvalue weighted by Crippen LogP contribution is 2.28. The van der Waals surface area contributed by atoms with Gasteiger partial charge in [-0.25, -0.2) is 4.79 Å². The van der Waals surface area contributed by atoms with Gasteiger partial charge in [0.05, 0.1) is 0 Å². The van der Waals surface area contributed by atoms with E-state index in [1.165, 1.54) is 5.56 Å². The summed E-state index contributed by atoms with van der Waals surface area (Å²) in [6.07, 6.45) is 1.62. The summed E-state index contributed by atoms with van der Waals surface area (Å²) in [6, 6.07) is 7.75. The van der Waals surface area contributed by atoms with Gasteiger partial charge in [0.2, 0.25) is 0 Å². The van der Waals surface area contributed by atoms with Crippen LogP contribution >= 0.6 is 0 Å². The molecule has 0 fully saturated rings. The van der Waals surface area contributed by atoms with Gasteiger partial charge in [-0.3, -0.25) is 0 Å². The molecule has 0 aromatic heterocycles. The second kappa shape index (κ2) is 6.60. The Hall–Kier alpha value is -1.51.